The summed E-state index contributed by atoms with van der Waals surface area (Å²) in [7, 11) is 1.63. The molecule has 0 amide bonds. The molecule has 0 aliphatic carbocycles. The van der Waals surface area contributed by atoms with Crippen LogP contribution in [-0.2, 0) is 9.47 Å². The number of carboxylic acids is 1. The SMILES string of the molecule is COCCOCCCCNc1ncc(N)cc1C(=O)O. The van der Waals surface area contributed by atoms with Crippen molar-refractivity contribution >= 4 is 17.5 Å². The molecule has 0 aliphatic heterocycles. The monoisotopic (exact) mass is 283 g/mol. The molecule has 0 unspecified atom stereocenters. The van der Waals surface area contributed by atoms with Crippen LogP contribution < -0.4 is 11.1 Å². The maximum absolute atomic E-state index is 11.0. The predicted molar refractivity (Wildman–Crippen MR) is 76.0 cm³/mol. The maximum atomic E-state index is 11.0. The third kappa shape index (κ3) is 5.85. The Morgan fingerprint density at radius 1 is 1.40 bits per heavy atom. The highest BCUT2D eigenvalue weighted by Crippen LogP contribution is 2.15. The number of aromatic nitrogens is 1. The molecule has 0 saturated carbocycles. The van der Waals surface area contributed by atoms with E-state index in [1.165, 1.54) is 12.3 Å². The molecule has 0 bridgehead atoms. The average Bonchev–Trinajstić information content (AvgIpc) is 2.43. The van der Waals surface area contributed by atoms with E-state index in [-0.39, 0.29) is 5.56 Å². The lowest BCUT2D eigenvalue weighted by atomic mass is 10.2. The van der Waals surface area contributed by atoms with Gasteiger partial charge < -0.3 is 25.6 Å². The van der Waals surface area contributed by atoms with E-state index in [4.69, 9.17) is 20.3 Å². The number of unbranched alkanes of at least 4 members (excludes halogenated alkanes) is 1. The van der Waals surface area contributed by atoms with Gasteiger partial charge in [0.05, 0.1) is 25.1 Å². The molecule has 112 valence electrons. The number of methoxy groups -OCH3 is 1. The summed E-state index contributed by atoms with van der Waals surface area (Å²) in [6.45, 7) is 2.47. The van der Waals surface area contributed by atoms with Crippen molar-refractivity contribution in [2.75, 3.05) is 44.5 Å². The molecular weight excluding hydrogens is 262 g/mol. The highest BCUT2D eigenvalue weighted by Gasteiger charge is 2.11. The molecule has 0 atom stereocenters. The second-order valence-electron chi connectivity index (χ2n) is 4.21. The van der Waals surface area contributed by atoms with E-state index >= 15 is 0 Å². The van der Waals surface area contributed by atoms with Crippen molar-refractivity contribution in [1.82, 2.24) is 4.98 Å². The molecule has 0 aromatic carbocycles. The molecule has 1 heterocycles. The third-order valence-electron chi connectivity index (χ3n) is 2.58. The summed E-state index contributed by atoms with van der Waals surface area (Å²) in [5.74, 6) is -0.706. The zero-order valence-electron chi connectivity index (χ0n) is 11.6. The number of hydrogen-bond acceptors (Lipinski definition) is 6. The van der Waals surface area contributed by atoms with Gasteiger partial charge in [-0.25, -0.2) is 9.78 Å². The van der Waals surface area contributed by atoms with Crippen molar-refractivity contribution in [3.63, 3.8) is 0 Å². The van der Waals surface area contributed by atoms with E-state index < -0.39 is 5.97 Å². The fraction of sp³-hybridized carbons (Fsp3) is 0.538. The number of pyridine rings is 1. The number of anilines is 2. The smallest absolute Gasteiger partial charge is 0.339 e. The van der Waals surface area contributed by atoms with E-state index in [2.05, 4.69) is 10.3 Å². The van der Waals surface area contributed by atoms with Gasteiger partial charge in [-0.1, -0.05) is 0 Å². The Morgan fingerprint density at radius 2 is 2.20 bits per heavy atom. The first kappa shape index (κ1) is 16.2. The minimum Gasteiger partial charge on any atom is -0.478 e. The average molecular weight is 283 g/mol. The van der Waals surface area contributed by atoms with E-state index in [9.17, 15) is 4.79 Å². The van der Waals surface area contributed by atoms with E-state index in [0.717, 1.165) is 12.8 Å². The zero-order valence-corrected chi connectivity index (χ0v) is 11.6. The Balaban J connectivity index is 2.27. The lowest BCUT2D eigenvalue weighted by Gasteiger charge is -2.09. The molecule has 1 aromatic rings. The minimum atomic E-state index is -1.05. The molecule has 7 nitrogen and oxygen atoms in total. The molecule has 0 radical (unpaired) electrons. The summed E-state index contributed by atoms with van der Waals surface area (Å²) in [4.78, 5) is 15.0. The summed E-state index contributed by atoms with van der Waals surface area (Å²) in [5, 5.41) is 12.0. The highest BCUT2D eigenvalue weighted by atomic mass is 16.5. The fourth-order valence-corrected chi connectivity index (χ4v) is 1.57. The van der Waals surface area contributed by atoms with Gasteiger partial charge in [0, 0.05) is 20.3 Å². The van der Waals surface area contributed by atoms with Crippen LogP contribution in [0, 0.1) is 0 Å². The lowest BCUT2D eigenvalue weighted by molar-refractivity contribution is 0.0690. The number of nitrogens with two attached hydrogens (primary N) is 1. The highest BCUT2D eigenvalue weighted by molar-refractivity contribution is 5.94. The van der Waals surface area contributed by atoms with Crippen LogP contribution in [0.2, 0.25) is 0 Å². The van der Waals surface area contributed by atoms with Gasteiger partial charge in [0.25, 0.3) is 0 Å². The molecular formula is C13H21N3O4. The molecule has 7 heteroatoms. The maximum Gasteiger partial charge on any atom is 0.339 e. The Morgan fingerprint density at radius 3 is 2.90 bits per heavy atom. The normalized spacial score (nSPS) is 10.4. The largest absolute Gasteiger partial charge is 0.478 e. The molecule has 0 saturated heterocycles. The van der Waals surface area contributed by atoms with Crippen LogP contribution in [0.5, 0.6) is 0 Å². The standard InChI is InChI=1S/C13H21N3O4/c1-19-6-7-20-5-3-2-4-15-12-11(13(17)18)8-10(14)9-16-12/h8-9H,2-7,14H2,1H3,(H,15,16)(H,17,18). The van der Waals surface area contributed by atoms with Crippen LogP contribution in [0.1, 0.15) is 23.2 Å². The van der Waals surface area contributed by atoms with Gasteiger partial charge in [-0.3, -0.25) is 0 Å². The summed E-state index contributed by atoms with van der Waals surface area (Å²) >= 11 is 0. The summed E-state index contributed by atoms with van der Waals surface area (Å²) in [5.41, 5.74) is 5.94. The minimum absolute atomic E-state index is 0.0846. The Kier molecular flexibility index (Phi) is 7.38. The van der Waals surface area contributed by atoms with Crippen molar-refractivity contribution in [3.05, 3.63) is 17.8 Å². The number of ether oxygens (including phenoxy) is 2. The van der Waals surface area contributed by atoms with Crippen LogP contribution >= 0.6 is 0 Å². The summed E-state index contributed by atoms with van der Waals surface area (Å²) in [6, 6.07) is 1.39. The Hall–Kier alpha value is -1.86. The number of nitrogen functional groups attached to an aromatic ring is 1. The topological polar surface area (TPSA) is 107 Å². The first-order valence-corrected chi connectivity index (χ1v) is 6.44. The van der Waals surface area contributed by atoms with E-state index in [0.29, 0.717) is 37.9 Å². The number of carbonyl (C=O) groups is 1. The molecule has 1 aromatic heterocycles. The second-order valence-corrected chi connectivity index (χ2v) is 4.21. The Labute approximate surface area is 118 Å². The molecule has 0 fully saturated rings. The number of nitrogens with zero attached hydrogens (tertiary/aromatic N) is 1. The zero-order chi connectivity index (χ0) is 14.8. The first-order chi connectivity index (χ1) is 9.65. The van der Waals surface area contributed by atoms with Gasteiger partial charge in [0.2, 0.25) is 0 Å². The van der Waals surface area contributed by atoms with Gasteiger partial charge in [0.15, 0.2) is 0 Å². The first-order valence-electron chi connectivity index (χ1n) is 6.44. The quantitative estimate of drug-likeness (QED) is 0.554. The summed E-state index contributed by atoms with van der Waals surface area (Å²) < 4.78 is 10.2. The van der Waals surface area contributed by atoms with Crippen LogP contribution in [0.25, 0.3) is 0 Å². The predicted octanol–water partition coefficient (Wildman–Crippen LogP) is 1.22. The Bertz CT molecular complexity index is 426. The van der Waals surface area contributed by atoms with Crippen LogP contribution in [0.15, 0.2) is 12.3 Å². The van der Waals surface area contributed by atoms with Crippen molar-refractivity contribution in [2.45, 2.75) is 12.8 Å². The van der Waals surface area contributed by atoms with Crippen LogP contribution in [-0.4, -0.2) is 49.5 Å². The molecule has 0 aliphatic rings. The fourth-order valence-electron chi connectivity index (χ4n) is 1.57. The van der Waals surface area contributed by atoms with Gasteiger partial charge in [-0.15, -0.1) is 0 Å². The van der Waals surface area contributed by atoms with Crippen LogP contribution in [0.3, 0.4) is 0 Å². The van der Waals surface area contributed by atoms with Gasteiger partial charge in [0.1, 0.15) is 11.4 Å². The number of rotatable bonds is 10. The van der Waals surface area contributed by atoms with Crippen molar-refractivity contribution in [1.29, 1.82) is 0 Å². The summed E-state index contributed by atoms with van der Waals surface area (Å²) in [6.07, 6.45) is 3.18. The molecule has 0 spiro atoms. The molecule has 4 N–H and O–H groups in total. The van der Waals surface area contributed by atoms with Crippen molar-refractivity contribution in [2.24, 2.45) is 0 Å². The van der Waals surface area contributed by atoms with Crippen LogP contribution in [0.4, 0.5) is 11.5 Å². The third-order valence-corrected chi connectivity index (χ3v) is 2.58. The number of hydrogen-bond donors (Lipinski definition) is 3. The van der Waals surface area contributed by atoms with Crippen molar-refractivity contribution < 1.29 is 19.4 Å². The molecule has 1 rings (SSSR count). The second kappa shape index (κ2) is 9.11. The lowest BCUT2D eigenvalue weighted by Crippen LogP contribution is -2.11. The number of nitrogens with one attached hydrogen (secondary N) is 1. The van der Waals surface area contributed by atoms with E-state index in [1.54, 1.807) is 7.11 Å². The van der Waals surface area contributed by atoms with Gasteiger partial charge in [-0.05, 0) is 18.9 Å². The van der Waals surface area contributed by atoms with Gasteiger partial charge >= 0.3 is 5.97 Å². The number of carboxylic acid groups (broad SMARTS) is 1. The molecule has 20 heavy (non-hydrogen) atoms. The van der Waals surface area contributed by atoms with Crippen molar-refractivity contribution in [3.8, 4) is 0 Å². The van der Waals surface area contributed by atoms with E-state index in [1.807, 2.05) is 0 Å². The number of aromatic carboxylic acids is 1. The van der Waals surface area contributed by atoms with Gasteiger partial charge in [-0.2, -0.15) is 0 Å².